The predicted octanol–water partition coefficient (Wildman–Crippen LogP) is 4.55. The van der Waals surface area contributed by atoms with Crippen molar-refractivity contribution >= 4 is 34.3 Å². The number of nitrogens with two attached hydrogens (primary N) is 1. The zero-order valence-electron chi connectivity index (χ0n) is 18.3. The third-order valence-electron chi connectivity index (χ3n) is 5.68. The molecule has 0 radical (unpaired) electrons. The van der Waals surface area contributed by atoms with Gasteiger partial charge in [-0.2, -0.15) is 0 Å². The van der Waals surface area contributed by atoms with Crippen LogP contribution in [0.25, 0.3) is 33.1 Å². The summed E-state index contributed by atoms with van der Waals surface area (Å²) < 4.78 is 47.6. The van der Waals surface area contributed by atoms with E-state index in [0.717, 1.165) is 5.56 Å². The van der Waals surface area contributed by atoms with E-state index in [9.17, 15) is 28.2 Å². The van der Waals surface area contributed by atoms with E-state index in [1.165, 1.54) is 18.2 Å². The molecular weight excluding hydrogens is 487 g/mol. The topological polar surface area (TPSA) is 106 Å². The minimum Gasteiger partial charge on any atom is -0.456 e. The zero-order chi connectivity index (χ0) is 24.5. The Balaban J connectivity index is 0.00000342. The quantitative estimate of drug-likeness (QED) is 0.316. The van der Waals surface area contributed by atoms with Crippen LogP contribution in [0.2, 0.25) is 0 Å². The fourth-order valence-corrected chi connectivity index (χ4v) is 3.71. The first-order chi connectivity index (χ1) is 16.1. The molecule has 3 aromatic carbocycles. The van der Waals surface area contributed by atoms with Crippen molar-refractivity contribution in [1.29, 1.82) is 0 Å². The van der Waals surface area contributed by atoms with Gasteiger partial charge in [0.1, 0.15) is 16.9 Å². The molecule has 1 aromatic heterocycles. The molecule has 1 heterocycles. The first-order valence-corrected chi connectivity index (χ1v) is 10.5. The number of alkyl halides is 3. The Kier molecular flexibility index (Phi) is 7.76. The van der Waals surface area contributed by atoms with E-state index >= 15 is 0 Å². The molecule has 6 nitrogen and oxygen atoms in total. The SMILES string of the molecule is Cl.NC(CO)(CO)CCc1ccc2oc3cc(-c4cccc(OC(F)(F)F)c4)ccc3c(=O)c2c1. The van der Waals surface area contributed by atoms with Crippen LogP contribution in [0, 0.1) is 0 Å². The van der Waals surface area contributed by atoms with Gasteiger partial charge in [0, 0.05) is 0 Å². The lowest BCUT2D eigenvalue weighted by atomic mass is 9.93. The molecule has 0 atom stereocenters. The summed E-state index contributed by atoms with van der Waals surface area (Å²) in [5.41, 5.74) is 7.05. The minimum absolute atomic E-state index is 0. The molecule has 0 aliphatic carbocycles. The van der Waals surface area contributed by atoms with Gasteiger partial charge in [0.25, 0.3) is 0 Å². The molecule has 4 aromatic rings. The number of fused-ring (bicyclic) bond motifs is 2. The first-order valence-electron chi connectivity index (χ1n) is 10.5. The fourth-order valence-electron chi connectivity index (χ4n) is 3.71. The summed E-state index contributed by atoms with van der Waals surface area (Å²) in [7, 11) is 0. The van der Waals surface area contributed by atoms with Crippen molar-refractivity contribution < 1.29 is 32.5 Å². The van der Waals surface area contributed by atoms with Crippen LogP contribution in [-0.2, 0) is 6.42 Å². The van der Waals surface area contributed by atoms with Crippen molar-refractivity contribution in [3.63, 3.8) is 0 Å². The van der Waals surface area contributed by atoms with Crippen LogP contribution in [0.4, 0.5) is 13.2 Å². The van der Waals surface area contributed by atoms with E-state index in [-0.39, 0.29) is 36.8 Å². The van der Waals surface area contributed by atoms with Crippen molar-refractivity contribution in [3.8, 4) is 16.9 Å². The second kappa shape index (κ2) is 10.2. The van der Waals surface area contributed by atoms with Crippen LogP contribution in [0.3, 0.4) is 0 Å². The third kappa shape index (κ3) is 5.94. The Morgan fingerprint density at radius 3 is 2.29 bits per heavy atom. The Hall–Kier alpha value is -3.11. The molecular formula is C25H23ClF3NO5. The number of aliphatic hydroxyl groups excluding tert-OH is 2. The highest BCUT2D eigenvalue weighted by molar-refractivity contribution is 5.92. The van der Waals surface area contributed by atoms with Gasteiger partial charge in [-0.3, -0.25) is 4.79 Å². The molecule has 0 spiro atoms. The largest absolute Gasteiger partial charge is 0.573 e. The normalized spacial score (nSPS) is 12.1. The summed E-state index contributed by atoms with van der Waals surface area (Å²) in [4.78, 5) is 13.1. The van der Waals surface area contributed by atoms with Crippen molar-refractivity contribution in [2.24, 2.45) is 5.73 Å². The van der Waals surface area contributed by atoms with Gasteiger partial charge >= 0.3 is 6.36 Å². The van der Waals surface area contributed by atoms with Gasteiger partial charge < -0.3 is 25.1 Å². The maximum atomic E-state index is 13.1. The van der Waals surface area contributed by atoms with Crippen molar-refractivity contribution in [1.82, 2.24) is 0 Å². The number of hydrogen-bond donors (Lipinski definition) is 3. The lowest BCUT2D eigenvalue weighted by Crippen LogP contribution is -2.47. The molecule has 10 heteroatoms. The monoisotopic (exact) mass is 509 g/mol. The number of aryl methyl sites for hydroxylation is 1. The fraction of sp³-hybridized carbons (Fsp3) is 0.240. The van der Waals surface area contributed by atoms with Gasteiger partial charge in [-0.05, 0) is 65.9 Å². The van der Waals surface area contributed by atoms with Crippen LogP contribution in [0.15, 0.2) is 69.9 Å². The second-order valence-electron chi connectivity index (χ2n) is 8.23. The Labute approximate surface area is 204 Å². The summed E-state index contributed by atoms with van der Waals surface area (Å²) in [6, 6.07) is 15.5. The Morgan fingerprint density at radius 1 is 0.886 bits per heavy atom. The molecule has 4 N–H and O–H groups in total. The number of ether oxygens (including phenoxy) is 1. The van der Waals surface area contributed by atoms with E-state index in [0.29, 0.717) is 45.9 Å². The molecule has 4 rings (SSSR count). The third-order valence-corrected chi connectivity index (χ3v) is 5.68. The first kappa shape index (κ1) is 26.5. The molecule has 0 unspecified atom stereocenters. The minimum atomic E-state index is -4.80. The number of rotatable bonds is 7. The summed E-state index contributed by atoms with van der Waals surface area (Å²) in [6.07, 6.45) is -4.03. The maximum Gasteiger partial charge on any atom is 0.573 e. The lowest BCUT2D eigenvalue weighted by molar-refractivity contribution is -0.274. The van der Waals surface area contributed by atoms with E-state index < -0.39 is 11.9 Å². The molecule has 0 bridgehead atoms. The molecule has 0 aliphatic rings. The van der Waals surface area contributed by atoms with Crippen molar-refractivity contribution in [3.05, 3.63) is 76.5 Å². The van der Waals surface area contributed by atoms with Crippen LogP contribution < -0.4 is 15.9 Å². The smallest absolute Gasteiger partial charge is 0.456 e. The van der Waals surface area contributed by atoms with E-state index in [1.807, 2.05) is 0 Å². The highest BCUT2D eigenvalue weighted by Gasteiger charge is 2.31. The standard InChI is InChI=1S/C25H22F3NO5.ClH/c26-25(27,28)34-18-3-1-2-16(11-18)17-5-6-19-22(12-17)33-21-7-4-15(10-20(21)23(19)32)8-9-24(29,13-30)14-31;/h1-7,10-12,30-31H,8-9,13-14,29H2;1H. The van der Waals surface area contributed by atoms with Gasteiger partial charge in [0.2, 0.25) is 5.43 Å². The molecule has 35 heavy (non-hydrogen) atoms. The molecule has 0 fully saturated rings. The number of halogens is 4. The van der Waals surface area contributed by atoms with Gasteiger partial charge in [-0.25, -0.2) is 0 Å². The molecule has 0 aliphatic heterocycles. The van der Waals surface area contributed by atoms with Gasteiger partial charge in [-0.1, -0.05) is 24.3 Å². The highest BCUT2D eigenvalue weighted by atomic mass is 35.5. The summed E-state index contributed by atoms with van der Waals surface area (Å²) in [5.74, 6) is -0.346. The average molecular weight is 510 g/mol. The van der Waals surface area contributed by atoms with Crippen LogP contribution >= 0.6 is 12.4 Å². The molecule has 0 saturated carbocycles. The van der Waals surface area contributed by atoms with Crippen LogP contribution in [0.5, 0.6) is 5.75 Å². The second-order valence-corrected chi connectivity index (χ2v) is 8.23. The maximum absolute atomic E-state index is 13.1. The molecule has 0 amide bonds. The Morgan fingerprint density at radius 2 is 1.60 bits per heavy atom. The highest BCUT2D eigenvalue weighted by Crippen LogP contribution is 2.30. The summed E-state index contributed by atoms with van der Waals surface area (Å²) in [5, 5.41) is 19.4. The van der Waals surface area contributed by atoms with Crippen molar-refractivity contribution in [2.75, 3.05) is 13.2 Å². The van der Waals surface area contributed by atoms with E-state index in [1.54, 1.807) is 42.5 Å². The zero-order valence-corrected chi connectivity index (χ0v) is 19.2. The Bertz CT molecular complexity index is 1400. The summed E-state index contributed by atoms with van der Waals surface area (Å²) in [6.45, 7) is -0.727. The average Bonchev–Trinajstić information content (AvgIpc) is 2.81. The predicted molar refractivity (Wildman–Crippen MR) is 129 cm³/mol. The van der Waals surface area contributed by atoms with Gasteiger partial charge in [0.05, 0.1) is 29.5 Å². The number of aliphatic hydroxyl groups is 2. The van der Waals surface area contributed by atoms with E-state index in [2.05, 4.69) is 4.74 Å². The number of benzene rings is 3. The lowest BCUT2D eigenvalue weighted by Gasteiger charge is -2.24. The number of hydrogen-bond acceptors (Lipinski definition) is 6. The van der Waals surface area contributed by atoms with E-state index in [4.69, 9.17) is 10.2 Å². The van der Waals surface area contributed by atoms with Gasteiger partial charge in [0.15, 0.2) is 0 Å². The molecule has 186 valence electrons. The van der Waals surface area contributed by atoms with Crippen molar-refractivity contribution in [2.45, 2.75) is 24.7 Å². The van der Waals surface area contributed by atoms with Crippen LogP contribution in [0.1, 0.15) is 12.0 Å². The van der Waals surface area contributed by atoms with Gasteiger partial charge in [-0.15, -0.1) is 25.6 Å². The molecule has 0 saturated heterocycles. The summed E-state index contributed by atoms with van der Waals surface area (Å²) >= 11 is 0. The van der Waals surface area contributed by atoms with Crippen LogP contribution in [-0.4, -0.2) is 35.3 Å².